The molecule has 0 unspecified atom stereocenters. The first-order chi connectivity index (χ1) is 57.8. The van der Waals surface area contributed by atoms with E-state index < -0.39 is 37.4 Å². The number of halogens is 15. The maximum absolute atomic E-state index is 13.2. The number of rotatable bonds is 52. The third-order valence-corrected chi connectivity index (χ3v) is 15.1. The van der Waals surface area contributed by atoms with Crippen molar-refractivity contribution in [2.75, 3.05) is 257 Å². The first-order valence-corrected chi connectivity index (χ1v) is 39.7. The average molecular weight is 1870 g/mol. The molecule has 0 atom stereocenters. The lowest BCUT2D eigenvalue weighted by Crippen LogP contribution is -2.18. The van der Waals surface area contributed by atoms with E-state index in [2.05, 4.69) is 18.9 Å². The Labute approximate surface area is 739 Å². The van der Waals surface area contributed by atoms with Gasteiger partial charge in [-0.05, 0) is 95.9 Å². The van der Waals surface area contributed by atoms with Gasteiger partial charge in [-0.1, -0.05) is 130 Å². The lowest BCUT2D eigenvalue weighted by molar-refractivity contribution is -0.176. The van der Waals surface area contributed by atoms with Crippen LogP contribution in [-0.4, -0.2) is 269 Å². The van der Waals surface area contributed by atoms with Gasteiger partial charge in [0.1, 0.15) is 30.7 Å². The molecule has 0 heterocycles. The highest BCUT2D eigenvalue weighted by molar-refractivity contribution is 6.35. The summed E-state index contributed by atoms with van der Waals surface area (Å²) in [5, 5.41) is 4.41. The third kappa shape index (κ3) is 86.0. The summed E-state index contributed by atoms with van der Waals surface area (Å²) >= 11 is 40.7. The smallest absolute Gasteiger partial charge is 0.382 e. The molecule has 0 radical (unpaired) electrons. The molecule has 0 bridgehead atoms. The van der Waals surface area contributed by atoms with Crippen LogP contribution in [0, 0.1) is 17.5 Å². The minimum Gasteiger partial charge on any atom is -0.382 e. The summed E-state index contributed by atoms with van der Waals surface area (Å²) in [6.07, 6.45) is -6.60. The van der Waals surface area contributed by atoms with E-state index in [4.69, 9.17) is 166 Å². The molecule has 0 N–H and O–H groups in total. The van der Waals surface area contributed by atoms with Crippen LogP contribution in [0.2, 0.25) is 35.2 Å². The zero-order valence-corrected chi connectivity index (χ0v) is 75.9. The molecule has 6 rings (SSSR count). The van der Waals surface area contributed by atoms with Gasteiger partial charge in [0, 0.05) is 137 Å². The summed E-state index contributed by atoms with van der Waals surface area (Å²) in [6.45, 7) is 16.2. The summed E-state index contributed by atoms with van der Waals surface area (Å²) in [6, 6.07) is 34.0. The van der Waals surface area contributed by atoms with E-state index in [1.54, 1.807) is 94.3 Å². The lowest BCUT2D eigenvalue weighted by atomic mass is 10.2. The van der Waals surface area contributed by atoms with Gasteiger partial charge in [-0.25, -0.2) is 22.0 Å². The van der Waals surface area contributed by atoms with Crippen molar-refractivity contribution in [3.05, 3.63) is 207 Å². The van der Waals surface area contributed by atoms with Gasteiger partial charge in [0.25, 0.3) is 6.43 Å². The molecule has 0 aliphatic rings. The summed E-state index contributed by atoms with van der Waals surface area (Å²) in [5.41, 5.74) is 4.86. The summed E-state index contributed by atoms with van der Waals surface area (Å²) in [7, 11) is 17.6. The highest BCUT2D eigenvalue weighted by atomic mass is 35.5. The number of methoxy groups -OCH3 is 11. The Morgan fingerprint density at radius 3 is 0.983 bits per heavy atom. The van der Waals surface area contributed by atoms with E-state index in [0.717, 1.165) is 45.0 Å². The van der Waals surface area contributed by atoms with Gasteiger partial charge in [-0.2, -0.15) is 13.2 Å². The fourth-order valence-corrected chi connectivity index (χ4v) is 8.95. The predicted molar refractivity (Wildman–Crippen MR) is 454 cm³/mol. The van der Waals surface area contributed by atoms with Crippen molar-refractivity contribution in [3.8, 4) is 0 Å². The fraction of sp³-hybridized carbons (Fsp3) is 0.566. The number of alkyl halides is 5. The molecular weight excluding hydrogens is 1750 g/mol. The Morgan fingerprint density at radius 1 is 0.275 bits per heavy atom. The molecule has 6 aromatic carbocycles. The number of hydrogen-bond acceptors (Lipinski definition) is 22. The fourth-order valence-electron chi connectivity index (χ4n) is 7.35. The third-order valence-electron chi connectivity index (χ3n) is 13.2. The summed E-state index contributed by atoms with van der Waals surface area (Å²) in [4.78, 5) is 0. The van der Waals surface area contributed by atoms with Crippen LogP contribution in [0.1, 0.15) is 40.3 Å². The quantitative estimate of drug-likeness (QED) is 0.0257. The topological polar surface area (TPSA) is 203 Å². The summed E-state index contributed by atoms with van der Waals surface area (Å²) in [5.74, 6) is -1.50. The zero-order valence-electron chi connectivity index (χ0n) is 70.6. The Morgan fingerprint density at radius 2 is 0.600 bits per heavy atom. The number of benzene rings is 6. The zero-order chi connectivity index (χ0) is 90.3. The van der Waals surface area contributed by atoms with Gasteiger partial charge in [0.15, 0.2) is 0 Å². The number of hydrogen-bond donors (Lipinski definition) is 0. The summed E-state index contributed by atoms with van der Waals surface area (Å²) < 4.78 is 203. The van der Waals surface area contributed by atoms with Crippen LogP contribution in [0.25, 0.3) is 0 Å². The van der Waals surface area contributed by atoms with Gasteiger partial charge in [0.05, 0.1) is 198 Å². The maximum Gasteiger partial charge on any atom is 0.411 e. The van der Waals surface area contributed by atoms with E-state index in [1.165, 1.54) is 32.4 Å². The molecule has 6 aromatic rings. The van der Waals surface area contributed by atoms with Crippen LogP contribution in [0.3, 0.4) is 0 Å². The minimum absolute atomic E-state index is 0.0178. The van der Waals surface area contributed by atoms with Gasteiger partial charge < -0.3 is 104 Å². The molecule has 120 heavy (non-hydrogen) atoms. The average Bonchev–Trinajstić information content (AvgIpc) is 0.900. The van der Waals surface area contributed by atoms with Crippen LogP contribution < -0.4 is 0 Å². The maximum atomic E-state index is 13.2. The molecule has 37 heteroatoms. The molecular formula is C83H123Cl7F8O22. The van der Waals surface area contributed by atoms with Crippen molar-refractivity contribution in [1.82, 2.24) is 0 Å². The van der Waals surface area contributed by atoms with E-state index in [-0.39, 0.29) is 38.9 Å². The minimum atomic E-state index is -4.23. The van der Waals surface area contributed by atoms with Gasteiger partial charge in [0.2, 0.25) is 0 Å². The van der Waals surface area contributed by atoms with Crippen molar-refractivity contribution < 1.29 is 139 Å². The molecule has 0 spiro atoms. The lowest BCUT2D eigenvalue weighted by Gasteiger charge is -2.05. The van der Waals surface area contributed by atoms with E-state index >= 15 is 0 Å². The Kier molecular flexibility index (Phi) is 92.8. The monoisotopic (exact) mass is 1870 g/mol. The molecule has 0 aromatic heterocycles. The Bertz CT molecular complexity index is 3040. The van der Waals surface area contributed by atoms with Crippen LogP contribution in [-0.2, 0) is 144 Å². The Hall–Kier alpha value is -4.09. The second-order valence-corrected chi connectivity index (χ2v) is 26.0. The molecule has 0 aliphatic heterocycles. The highest BCUT2D eigenvalue weighted by Crippen LogP contribution is 2.23. The van der Waals surface area contributed by atoms with Crippen LogP contribution in [0.4, 0.5) is 35.1 Å². The molecule has 0 amide bonds. The van der Waals surface area contributed by atoms with Crippen molar-refractivity contribution in [2.24, 2.45) is 0 Å². The van der Waals surface area contributed by atoms with Crippen LogP contribution in [0.5, 0.6) is 0 Å². The molecule has 0 fully saturated rings. The second-order valence-electron chi connectivity index (χ2n) is 23.0. The highest BCUT2D eigenvalue weighted by Gasteiger charge is 2.27. The number of ether oxygens (including phenoxy) is 22. The standard InChI is InChI=1S/2C10H12Cl2O2.C10H12ClFO2.2C10H13ClO2.C10H12F2O2.C7H16O3.C6H14O3.C5H9F3O2.C5H10F2O2/c1-13-2-3-14-7-8-4-9(11)6-10(12)5-8;2*1-13-4-5-14-7-8-2-3-9(11)6-10(8)12;1-12-5-6-13-8-9-3-2-4-10(11)7-9;1-12-6-7-13-8-9-4-2-3-5-10(9)11;1-13-4-5-14-7-8-2-3-9(11)6-10(8)12;1-3-9-6-7-10-5-4-8-2;1-7-3-5-9-6-4-8-2;1-9-2-3-10-4-5(6,7)8;1-8-2-3-9-4-5(6)7/h4-6H,2-3,7H2,1H3;2*2-3,6H,4-5,7H2,1H3;2-4,7H,5-6,8H2,1H3;2-5H,6-8H2,1H3;2-3,6H,4-5,7H2,1H3;3-7H2,1-2H3;3-6H2,1-2H3;2-4H2,1H3;5H,2-4H2,1H3. The Balaban J connectivity index is -0.000000626. The molecule has 692 valence electrons. The largest absolute Gasteiger partial charge is 0.411 e. The van der Waals surface area contributed by atoms with Gasteiger partial charge in [-0.15, -0.1) is 0 Å². The predicted octanol–water partition coefficient (Wildman–Crippen LogP) is 19.2. The first kappa shape index (κ1) is 122. The van der Waals surface area contributed by atoms with Crippen LogP contribution in [0.15, 0.2) is 121 Å². The molecule has 0 saturated heterocycles. The van der Waals surface area contributed by atoms with Gasteiger partial charge in [-0.3, -0.25) is 0 Å². The van der Waals surface area contributed by atoms with Crippen LogP contribution >= 0.6 is 81.2 Å². The normalized spacial score (nSPS) is 10.5. The van der Waals surface area contributed by atoms with E-state index in [1.807, 2.05) is 73.7 Å². The molecule has 0 saturated carbocycles. The van der Waals surface area contributed by atoms with Crippen molar-refractivity contribution >= 4 is 81.2 Å². The second kappa shape index (κ2) is 91.1. The SMILES string of the molecule is CCOCCOCCOC.COCCOCC(F)(F)F.COCCOCC(F)F.COCCOCCOC.COCCOCc1cc(Cl)cc(Cl)c1.COCCOCc1ccc(Cl)cc1Cl.COCCOCc1ccc(Cl)cc1F.COCCOCc1ccc(F)cc1F.COCCOCc1cccc(Cl)c1.COCCOCc1ccccc1Cl. The van der Waals surface area contributed by atoms with Crippen molar-refractivity contribution in [2.45, 2.75) is 59.2 Å². The molecule has 0 aliphatic carbocycles. The van der Waals surface area contributed by atoms with E-state index in [9.17, 15) is 35.1 Å². The first-order valence-electron chi connectivity index (χ1n) is 37.1. The van der Waals surface area contributed by atoms with E-state index in [0.29, 0.717) is 201 Å². The van der Waals surface area contributed by atoms with Crippen molar-refractivity contribution in [3.63, 3.8) is 0 Å². The van der Waals surface area contributed by atoms with Gasteiger partial charge >= 0.3 is 6.18 Å². The van der Waals surface area contributed by atoms with Crippen molar-refractivity contribution in [1.29, 1.82) is 0 Å². The molecule has 22 nitrogen and oxygen atoms in total.